The van der Waals surface area contributed by atoms with E-state index in [0.29, 0.717) is 6.61 Å². The van der Waals surface area contributed by atoms with Crippen molar-refractivity contribution < 1.29 is 5.11 Å². The molecule has 106 valence electrons. The first-order valence-electron chi connectivity index (χ1n) is 7.49. The molecule has 1 aliphatic rings. The van der Waals surface area contributed by atoms with E-state index in [2.05, 4.69) is 41.1 Å². The molecule has 19 heavy (non-hydrogen) atoms. The van der Waals surface area contributed by atoms with Crippen molar-refractivity contribution in [2.24, 2.45) is 0 Å². The van der Waals surface area contributed by atoms with E-state index in [0.717, 1.165) is 19.6 Å². The maximum atomic E-state index is 8.72. The van der Waals surface area contributed by atoms with E-state index in [4.69, 9.17) is 5.11 Å². The van der Waals surface area contributed by atoms with Gasteiger partial charge in [-0.05, 0) is 25.0 Å². The van der Waals surface area contributed by atoms with Crippen molar-refractivity contribution in [1.29, 1.82) is 0 Å². The van der Waals surface area contributed by atoms with Crippen molar-refractivity contribution in [2.45, 2.75) is 38.5 Å². The number of unbranched alkanes of at least 4 members (excludes halogenated alkanes) is 5. The van der Waals surface area contributed by atoms with E-state index < -0.39 is 0 Å². The van der Waals surface area contributed by atoms with Gasteiger partial charge in [0.15, 0.2) is 0 Å². The van der Waals surface area contributed by atoms with Crippen LogP contribution in [-0.2, 0) is 0 Å². The van der Waals surface area contributed by atoms with Gasteiger partial charge in [-0.25, -0.2) is 0 Å². The van der Waals surface area contributed by atoms with E-state index in [1.54, 1.807) is 0 Å². The maximum absolute atomic E-state index is 8.72. The van der Waals surface area contributed by atoms with Crippen LogP contribution in [0.25, 0.3) is 0 Å². The standard InChI is InChI=1S/C16H26N2O/c1-17-14-18(16-11-7-6-10-15(16)17)12-8-4-2-3-5-9-13-19/h6-7,10-11,19H,2-5,8-9,12-14H2,1H3. The first kappa shape index (κ1) is 14.2. The number of aliphatic hydroxyl groups is 1. The number of nitrogens with zero attached hydrogens (tertiary/aromatic N) is 2. The molecular weight excluding hydrogens is 236 g/mol. The molecule has 0 fully saturated rings. The molecule has 0 amide bonds. The summed E-state index contributed by atoms with van der Waals surface area (Å²) in [4.78, 5) is 4.79. The normalized spacial score (nSPS) is 14.0. The van der Waals surface area contributed by atoms with Crippen LogP contribution in [0.5, 0.6) is 0 Å². The van der Waals surface area contributed by atoms with Crippen molar-refractivity contribution in [2.75, 3.05) is 36.7 Å². The molecule has 0 bridgehead atoms. The Morgan fingerprint density at radius 3 is 2.32 bits per heavy atom. The van der Waals surface area contributed by atoms with Crippen LogP contribution in [-0.4, -0.2) is 32.0 Å². The van der Waals surface area contributed by atoms with Gasteiger partial charge in [0.05, 0.1) is 18.0 Å². The van der Waals surface area contributed by atoms with Crippen molar-refractivity contribution in [3.8, 4) is 0 Å². The molecule has 1 heterocycles. The summed E-state index contributed by atoms with van der Waals surface area (Å²) < 4.78 is 0. The van der Waals surface area contributed by atoms with E-state index in [1.807, 2.05) is 0 Å². The molecule has 0 aromatic heterocycles. The highest BCUT2D eigenvalue weighted by Gasteiger charge is 2.21. The predicted octanol–water partition coefficient (Wildman–Crippen LogP) is 3.23. The zero-order valence-corrected chi connectivity index (χ0v) is 12.0. The SMILES string of the molecule is CN1CN(CCCCCCCCO)c2ccccc21. The van der Waals surface area contributed by atoms with Crippen molar-refractivity contribution in [1.82, 2.24) is 0 Å². The molecule has 2 rings (SSSR count). The van der Waals surface area contributed by atoms with Crippen LogP contribution in [0.3, 0.4) is 0 Å². The summed E-state index contributed by atoms with van der Waals surface area (Å²) in [6.45, 7) is 2.52. The third-order valence-corrected chi connectivity index (χ3v) is 3.85. The third-order valence-electron chi connectivity index (χ3n) is 3.85. The first-order chi connectivity index (χ1) is 9.33. The van der Waals surface area contributed by atoms with Crippen LogP contribution >= 0.6 is 0 Å². The zero-order chi connectivity index (χ0) is 13.5. The van der Waals surface area contributed by atoms with Crippen molar-refractivity contribution in [3.05, 3.63) is 24.3 Å². The minimum absolute atomic E-state index is 0.344. The van der Waals surface area contributed by atoms with Gasteiger partial charge in [-0.2, -0.15) is 0 Å². The second-order valence-electron chi connectivity index (χ2n) is 5.44. The molecule has 1 aliphatic heterocycles. The lowest BCUT2D eigenvalue weighted by Crippen LogP contribution is -2.28. The van der Waals surface area contributed by atoms with Crippen LogP contribution in [0.2, 0.25) is 0 Å². The molecule has 3 nitrogen and oxygen atoms in total. The second kappa shape index (κ2) is 7.39. The predicted molar refractivity (Wildman–Crippen MR) is 81.8 cm³/mol. The van der Waals surface area contributed by atoms with Crippen LogP contribution in [0.15, 0.2) is 24.3 Å². The van der Waals surface area contributed by atoms with Gasteiger partial charge in [-0.1, -0.05) is 37.8 Å². The van der Waals surface area contributed by atoms with Crippen LogP contribution in [0.1, 0.15) is 38.5 Å². The van der Waals surface area contributed by atoms with Crippen LogP contribution < -0.4 is 9.80 Å². The number of benzene rings is 1. The van der Waals surface area contributed by atoms with E-state index in [-0.39, 0.29) is 0 Å². The highest BCUT2D eigenvalue weighted by Crippen LogP contribution is 2.34. The Labute approximate surface area is 116 Å². The maximum Gasteiger partial charge on any atom is 0.0901 e. The number of fused-ring (bicyclic) bond motifs is 1. The summed E-state index contributed by atoms with van der Waals surface area (Å²) in [6.07, 6.45) is 7.26. The van der Waals surface area contributed by atoms with Gasteiger partial charge in [0.25, 0.3) is 0 Å². The summed E-state index contributed by atoms with van der Waals surface area (Å²) in [5, 5.41) is 8.72. The lowest BCUT2D eigenvalue weighted by molar-refractivity contribution is 0.282. The second-order valence-corrected chi connectivity index (χ2v) is 5.44. The van der Waals surface area contributed by atoms with Gasteiger partial charge in [-0.15, -0.1) is 0 Å². The Kier molecular flexibility index (Phi) is 5.52. The molecule has 3 heteroatoms. The smallest absolute Gasteiger partial charge is 0.0901 e. The molecule has 0 atom stereocenters. The number of hydrogen-bond donors (Lipinski definition) is 1. The molecular formula is C16H26N2O. The minimum Gasteiger partial charge on any atom is -0.396 e. The number of para-hydroxylation sites is 2. The number of hydrogen-bond acceptors (Lipinski definition) is 3. The molecule has 0 saturated carbocycles. The Morgan fingerprint density at radius 1 is 0.947 bits per heavy atom. The van der Waals surface area contributed by atoms with E-state index >= 15 is 0 Å². The van der Waals surface area contributed by atoms with Gasteiger partial charge in [0.1, 0.15) is 0 Å². The Balaban J connectivity index is 1.68. The summed E-state index contributed by atoms with van der Waals surface area (Å²) in [5.74, 6) is 0. The van der Waals surface area contributed by atoms with E-state index in [9.17, 15) is 0 Å². The fourth-order valence-electron chi connectivity index (χ4n) is 2.78. The van der Waals surface area contributed by atoms with Gasteiger partial charge in [0.2, 0.25) is 0 Å². The van der Waals surface area contributed by atoms with Crippen LogP contribution in [0.4, 0.5) is 11.4 Å². The molecule has 0 unspecified atom stereocenters. The molecule has 1 aromatic carbocycles. The molecule has 0 radical (unpaired) electrons. The largest absolute Gasteiger partial charge is 0.396 e. The fraction of sp³-hybridized carbons (Fsp3) is 0.625. The average Bonchev–Trinajstić information content (AvgIpc) is 2.75. The summed E-state index contributed by atoms with van der Waals surface area (Å²) in [7, 11) is 2.16. The Hall–Kier alpha value is -1.22. The Bertz CT molecular complexity index is 381. The molecule has 0 spiro atoms. The highest BCUT2D eigenvalue weighted by molar-refractivity contribution is 5.75. The molecule has 1 N–H and O–H groups in total. The lowest BCUT2D eigenvalue weighted by Gasteiger charge is -2.19. The summed E-state index contributed by atoms with van der Waals surface area (Å²) >= 11 is 0. The van der Waals surface area contributed by atoms with Crippen molar-refractivity contribution >= 4 is 11.4 Å². The van der Waals surface area contributed by atoms with Gasteiger partial charge in [-0.3, -0.25) is 0 Å². The van der Waals surface area contributed by atoms with Gasteiger partial charge >= 0.3 is 0 Å². The van der Waals surface area contributed by atoms with Crippen molar-refractivity contribution in [3.63, 3.8) is 0 Å². The topological polar surface area (TPSA) is 26.7 Å². The summed E-state index contributed by atoms with van der Waals surface area (Å²) in [6, 6.07) is 8.66. The zero-order valence-electron chi connectivity index (χ0n) is 12.0. The Morgan fingerprint density at radius 2 is 1.58 bits per heavy atom. The van der Waals surface area contributed by atoms with Gasteiger partial charge < -0.3 is 14.9 Å². The quantitative estimate of drug-likeness (QED) is 0.729. The number of rotatable bonds is 8. The minimum atomic E-state index is 0.344. The number of anilines is 2. The molecule has 0 aliphatic carbocycles. The first-order valence-corrected chi connectivity index (χ1v) is 7.49. The fourth-order valence-corrected chi connectivity index (χ4v) is 2.78. The summed E-state index contributed by atoms with van der Waals surface area (Å²) in [5.41, 5.74) is 2.73. The molecule has 0 saturated heterocycles. The average molecular weight is 262 g/mol. The third kappa shape index (κ3) is 3.87. The number of aliphatic hydroxyl groups excluding tert-OH is 1. The van der Waals surface area contributed by atoms with Crippen LogP contribution in [0, 0.1) is 0 Å². The molecule has 1 aromatic rings. The monoisotopic (exact) mass is 262 g/mol. The van der Waals surface area contributed by atoms with E-state index in [1.165, 1.54) is 43.5 Å². The van der Waals surface area contributed by atoms with Gasteiger partial charge in [0, 0.05) is 20.2 Å². The lowest BCUT2D eigenvalue weighted by atomic mass is 10.1. The highest BCUT2D eigenvalue weighted by atomic mass is 16.2.